The van der Waals surface area contributed by atoms with Gasteiger partial charge in [0.25, 0.3) is 0 Å². The second-order valence-electron chi connectivity index (χ2n) is 6.37. The number of aryl methyl sites for hydroxylation is 1. The van der Waals surface area contributed by atoms with Crippen LogP contribution in [0.25, 0.3) is 10.9 Å². The quantitative estimate of drug-likeness (QED) is 0.797. The van der Waals surface area contributed by atoms with Gasteiger partial charge in [-0.1, -0.05) is 12.1 Å². The minimum atomic E-state index is -0.293. The summed E-state index contributed by atoms with van der Waals surface area (Å²) in [5.41, 5.74) is 2.90. The molecular formula is C15H20BNO2. The summed E-state index contributed by atoms with van der Waals surface area (Å²) in [5.74, 6) is 0. The molecule has 0 atom stereocenters. The Kier molecular flexibility index (Phi) is 2.60. The number of hydrogen-bond acceptors (Lipinski definition) is 2. The van der Waals surface area contributed by atoms with Crippen LogP contribution in [0, 0.1) is 6.92 Å². The molecule has 0 saturated carbocycles. The SMILES string of the molecule is Cc1cc(B2OC(C)(C)C(C)(C)O2)cc2cc[nH]c12. The van der Waals surface area contributed by atoms with E-state index >= 15 is 0 Å². The average Bonchev–Trinajstić information content (AvgIpc) is 2.82. The summed E-state index contributed by atoms with van der Waals surface area (Å²) in [5, 5.41) is 1.20. The van der Waals surface area contributed by atoms with E-state index in [2.05, 4.69) is 57.8 Å². The van der Waals surface area contributed by atoms with Gasteiger partial charge >= 0.3 is 7.12 Å². The smallest absolute Gasteiger partial charge is 0.399 e. The molecule has 19 heavy (non-hydrogen) atoms. The van der Waals surface area contributed by atoms with E-state index < -0.39 is 0 Å². The van der Waals surface area contributed by atoms with Crippen LogP contribution in [-0.2, 0) is 9.31 Å². The lowest BCUT2D eigenvalue weighted by molar-refractivity contribution is 0.00578. The summed E-state index contributed by atoms with van der Waals surface area (Å²) in [4.78, 5) is 3.26. The van der Waals surface area contributed by atoms with E-state index in [0.29, 0.717) is 0 Å². The lowest BCUT2D eigenvalue weighted by atomic mass is 9.78. The van der Waals surface area contributed by atoms with Crippen molar-refractivity contribution in [2.45, 2.75) is 45.8 Å². The number of aromatic amines is 1. The molecule has 2 heterocycles. The van der Waals surface area contributed by atoms with Gasteiger partial charge in [0.2, 0.25) is 0 Å². The zero-order valence-corrected chi connectivity index (χ0v) is 12.2. The van der Waals surface area contributed by atoms with Gasteiger partial charge in [0, 0.05) is 11.7 Å². The van der Waals surface area contributed by atoms with Gasteiger partial charge in [-0.3, -0.25) is 0 Å². The van der Waals surface area contributed by atoms with Gasteiger partial charge in [-0.05, 0) is 57.1 Å². The molecule has 0 spiro atoms. The summed E-state index contributed by atoms with van der Waals surface area (Å²) in [6.07, 6.45) is 1.96. The molecule has 3 rings (SSSR count). The Hall–Kier alpha value is -1.26. The molecule has 1 aliphatic rings. The van der Waals surface area contributed by atoms with Crippen LogP contribution in [0.4, 0.5) is 0 Å². The van der Waals surface area contributed by atoms with Crippen molar-refractivity contribution >= 4 is 23.5 Å². The van der Waals surface area contributed by atoms with E-state index in [1.807, 2.05) is 6.20 Å². The number of aromatic nitrogens is 1. The maximum absolute atomic E-state index is 6.10. The third-order valence-electron chi connectivity index (χ3n) is 4.40. The number of fused-ring (bicyclic) bond motifs is 1. The molecule has 2 aromatic rings. The van der Waals surface area contributed by atoms with Crippen LogP contribution in [-0.4, -0.2) is 23.3 Å². The fourth-order valence-electron chi connectivity index (χ4n) is 2.50. The van der Waals surface area contributed by atoms with Crippen molar-refractivity contribution in [3.63, 3.8) is 0 Å². The first-order valence-corrected chi connectivity index (χ1v) is 6.73. The Morgan fingerprint density at radius 3 is 2.32 bits per heavy atom. The van der Waals surface area contributed by atoms with Crippen molar-refractivity contribution in [2.24, 2.45) is 0 Å². The zero-order valence-electron chi connectivity index (χ0n) is 12.2. The van der Waals surface area contributed by atoms with Crippen LogP contribution in [0.2, 0.25) is 0 Å². The normalized spacial score (nSPS) is 21.2. The van der Waals surface area contributed by atoms with Crippen LogP contribution in [0.5, 0.6) is 0 Å². The van der Waals surface area contributed by atoms with Gasteiger partial charge in [-0.25, -0.2) is 0 Å². The van der Waals surface area contributed by atoms with E-state index in [1.165, 1.54) is 16.5 Å². The Bertz CT molecular complexity index is 614. The van der Waals surface area contributed by atoms with Gasteiger partial charge < -0.3 is 14.3 Å². The van der Waals surface area contributed by atoms with Crippen LogP contribution >= 0.6 is 0 Å². The number of H-pyrrole nitrogens is 1. The molecule has 3 nitrogen and oxygen atoms in total. The van der Waals surface area contributed by atoms with E-state index in [9.17, 15) is 0 Å². The molecule has 0 bridgehead atoms. The highest BCUT2D eigenvalue weighted by molar-refractivity contribution is 6.62. The van der Waals surface area contributed by atoms with E-state index in [1.54, 1.807) is 0 Å². The second kappa shape index (κ2) is 3.87. The molecule has 1 saturated heterocycles. The van der Waals surface area contributed by atoms with Gasteiger partial charge in [0.15, 0.2) is 0 Å². The minimum Gasteiger partial charge on any atom is -0.399 e. The predicted molar refractivity (Wildman–Crippen MR) is 78.8 cm³/mol. The van der Waals surface area contributed by atoms with Crippen LogP contribution in [0.1, 0.15) is 33.3 Å². The molecule has 0 radical (unpaired) electrons. The first kappa shape index (κ1) is 12.8. The van der Waals surface area contributed by atoms with Crippen molar-refractivity contribution in [3.8, 4) is 0 Å². The van der Waals surface area contributed by atoms with E-state index in [4.69, 9.17) is 9.31 Å². The molecule has 100 valence electrons. The number of rotatable bonds is 1. The minimum absolute atomic E-state index is 0.289. The largest absolute Gasteiger partial charge is 0.494 e. The molecule has 1 aliphatic heterocycles. The molecule has 4 heteroatoms. The number of nitrogens with one attached hydrogen (secondary N) is 1. The van der Waals surface area contributed by atoms with Crippen molar-refractivity contribution in [1.82, 2.24) is 4.98 Å². The zero-order chi connectivity index (χ0) is 13.8. The van der Waals surface area contributed by atoms with Crippen molar-refractivity contribution in [2.75, 3.05) is 0 Å². The fraction of sp³-hybridized carbons (Fsp3) is 0.467. The summed E-state index contributed by atoms with van der Waals surface area (Å²) in [7, 11) is -0.289. The Morgan fingerprint density at radius 1 is 1.05 bits per heavy atom. The summed E-state index contributed by atoms with van der Waals surface area (Å²) in [6, 6.07) is 6.36. The highest BCUT2D eigenvalue weighted by Crippen LogP contribution is 2.36. The highest BCUT2D eigenvalue weighted by atomic mass is 16.7. The molecule has 0 amide bonds. The predicted octanol–water partition coefficient (Wildman–Crippen LogP) is 2.78. The molecule has 1 aromatic carbocycles. The number of hydrogen-bond donors (Lipinski definition) is 1. The average molecular weight is 257 g/mol. The molecule has 1 N–H and O–H groups in total. The van der Waals surface area contributed by atoms with Crippen molar-refractivity contribution in [3.05, 3.63) is 30.0 Å². The molecule has 0 aliphatic carbocycles. The third-order valence-corrected chi connectivity index (χ3v) is 4.40. The van der Waals surface area contributed by atoms with Crippen LogP contribution < -0.4 is 5.46 Å². The lowest BCUT2D eigenvalue weighted by Gasteiger charge is -2.32. The van der Waals surface area contributed by atoms with Crippen molar-refractivity contribution in [1.29, 1.82) is 0 Å². The monoisotopic (exact) mass is 257 g/mol. The Labute approximate surface area is 114 Å². The summed E-state index contributed by atoms with van der Waals surface area (Å²) in [6.45, 7) is 10.4. The summed E-state index contributed by atoms with van der Waals surface area (Å²) >= 11 is 0. The Morgan fingerprint density at radius 2 is 1.68 bits per heavy atom. The topological polar surface area (TPSA) is 34.2 Å². The standard InChI is InChI=1S/C15H20BNO2/c1-10-8-12(9-11-6-7-17-13(10)11)16-18-14(2,3)15(4,5)19-16/h6-9,17H,1-5H3. The molecule has 0 unspecified atom stereocenters. The third kappa shape index (κ3) is 1.90. The molecular weight excluding hydrogens is 237 g/mol. The first-order valence-electron chi connectivity index (χ1n) is 6.73. The Balaban J connectivity index is 2.02. The van der Waals surface area contributed by atoms with E-state index in [-0.39, 0.29) is 18.3 Å². The first-order chi connectivity index (χ1) is 8.80. The van der Waals surface area contributed by atoms with Crippen molar-refractivity contribution < 1.29 is 9.31 Å². The van der Waals surface area contributed by atoms with Gasteiger partial charge in [0.05, 0.1) is 11.2 Å². The van der Waals surface area contributed by atoms with Gasteiger partial charge in [-0.15, -0.1) is 0 Å². The van der Waals surface area contributed by atoms with E-state index in [0.717, 1.165) is 5.46 Å². The molecule has 1 fully saturated rings. The summed E-state index contributed by atoms with van der Waals surface area (Å²) < 4.78 is 12.2. The van der Waals surface area contributed by atoms with Crippen LogP contribution in [0.15, 0.2) is 24.4 Å². The fourth-order valence-corrected chi connectivity index (χ4v) is 2.50. The van der Waals surface area contributed by atoms with Gasteiger partial charge in [0.1, 0.15) is 0 Å². The van der Waals surface area contributed by atoms with Crippen LogP contribution in [0.3, 0.4) is 0 Å². The maximum Gasteiger partial charge on any atom is 0.494 e. The second-order valence-corrected chi connectivity index (χ2v) is 6.37. The number of benzene rings is 1. The van der Waals surface area contributed by atoms with Gasteiger partial charge in [-0.2, -0.15) is 0 Å². The lowest BCUT2D eigenvalue weighted by Crippen LogP contribution is -2.41. The highest BCUT2D eigenvalue weighted by Gasteiger charge is 2.51. The maximum atomic E-state index is 6.10. The molecule has 1 aromatic heterocycles.